The fraction of sp³-hybridized carbons (Fsp3) is 0.500. The van der Waals surface area contributed by atoms with Crippen LogP contribution in [0.4, 0.5) is 4.39 Å². The third-order valence-electron chi connectivity index (χ3n) is 3.29. The molecule has 2 N–H and O–H groups in total. The molecule has 0 bridgehead atoms. The van der Waals surface area contributed by atoms with Gasteiger partial charge in [-0.15, -0.1) is 0 Å². The number of amides is 1. The fourth-order valence-electron chi connectivity index (χ4n) is 2.12. The zero-order chi connectivity index (χ0) is 13.7. The first kappa shape index (κ1) is 14.0. The van der Waals surface area contributed by atoms with Gasteiger partial charge in [-0.05, 0) is 18.9 Å². The lowest BCUT2D eigenvalue weighted by atomic mass is 10.0. The molecular formula is C14H19FN2O2. The van der Waals surface area contributed by atoms with Crippen LogP contribution < -0.4 is 10.6 Å². The molecule has 19 heavy (non-hydrogen) atoms. The molecule has 1 aliphatic rings. The van der Waals surface area contributed by atoms with E-state index in [-0.39, 0.29) is 18.3 Å². The number of carbonyl (C=O) groups excluding carboxylic acids is 1. The van der Waals surface area contributed by atoms with Crippen LogP contribution in [0.15, 0.2) is 24.3 Å². The quantitative estimate of drug-likeness (QED) is 0.728. The van der Waals surface area contributed by atoms with Crippen molar-refractivity contribution >= 4 is 5.91 Å². The molecule has 0 spiro atoms. The van der Waals surface area contributed by atoms with E-state index in [1.807, 2.05) is 0 Å². The van der Waals surface area contributed by atoms with E-state index >= 15 is 0 Å². The second-order valence-electron chi connectivity index (χ2n) is 4.78. The first-order valence-electron chi connectivity index (χ1n) is 6.44. The lowest BCUT2D eigenvalue weighted by Gasteiger charge is -2.18. The molecule has 0 radical (unpaired) electrons. The molecule has 0 heterocycles. The van der Waals surface area contributed by atoms with Crippen molar-refractivity contribution in [1.82, 2.24) is 10.6 Å². The Morgan fingerprint density at radius 1 is 1.42 bits per heavy atom. The highest BCUT2D eigenvalue weighted by molar-refractivity contribution is 5.79. The predicted octanol–water partition coefficient (Wildman–Crippen LogP) is 1.17. The number of carbonyl (C=O) groups is 1. The molecule has 2 rings (SSSR count). The van der Waals surface area contributed by atoms with Crippen molar-refractivity contribution in [3.05, 3.63) is 35.6 Å². The van der Waals surface area contributed by atoms with Gasteiger partial charge >= 0.3 is 0 Å². The molecule has 0 aromatic heterocycles. The van der Waals surface area contributed by atoms with Gasteiger partial charge in [0.25, 0.3) is 0 Å². The van der Waals surface area contributed by atoms with Gasteiger partial charge in [0.1, 0.15) is 5.82 Å². The van der Waals surface area contributed by atoms with Gasteiger partial charge in [0.15, 0.2) is 0 Å². The monoisotopic (exact) mass is 266 g/mol. The average molecular weight is 266 g/mol. The van der Waals surface area contributed by atoms with Crippen LogP contribution in [0.2, 0.25) is 0 Å². The van der Waals surface area contributed by atoms with Crippen LogP contribution in [0.5, 0.6) is 0 Å². The van der Waals surface area contributed by atoms with Crippen molar-refractivity contribution in [2.45, 2.75) is 18.4 Å². The maximum atomic E-state index is 13.7. The van der Waals surface area contributed by atoms with E-state index in [1.54, 1.807) is 25.3 Å². The summed E-state index contributed by atoms with van der Waals surface area (Å²) < 4.78 is 18.6. The van der Waals surface area contributed by atoms with E-state index in [2.05, 4.69) is 10.6 Å². The SMILES string of the molecule is COCCNCC(=O)NC1(c2ccccc2F)CC1. The lowest BCUT2D eigenvalue weighted by molar-refractivity contribution is -0.121. The van der Waals surface area contributed by atoms with Gasteiger partial charge < -0.3 is 15.4 Å². The van der Waals surface area contributed by atoms with E-state index in [9.17, 15) is 9.18 Å². The summed E-state index contributed by atoms with van der Waals surface area (Å²) >= 11 is 0. The summed E-state index contributed by atoms with van der Waals surface area (Å²) in [5.74, 6) is -0.371. The third-order valence-corrected chi connectivity index (χ3v) is 3.29. The number of halogens is 1. The molecule has 1 aromatic rings. The Kier molecular flexibility index (Phi) is 4.50. The number of ether oxygens (including phenoxy) is 1. The van der Waals surface area contributed by atoms with E-state index in [4.69, 9.17) is 4.74 Å². The Hall–Kier alpha value is -1.46. The summed E-state index contributed by atoms with van der Waals surface area (Å²) in [5, 5.41) is 5.89. The molecule has 0 aliphatic heterocycles. The standard InChI is InChI=1S/C14H19FN2O2/c1-19-9-8-16-10-13(18)17-14(6-7-14)11-4-2-3-5-12(11)15/h2-5,16H,6-10H2,1H3,(H,17,18). The Morgan fingerprint density at radius 2 is 2.16 bits per heavy atom. The van der Waals surface area contributed by atoms with Crippen molar-refractivity contribution in [2.75, 3.05) is 26.8 Å². The van der Waals surface area contributed by atoms with E-state index < -0.39 is 5.54 Å². The molecule has 0 atom stereocenters. The number of benzene rings is 1. The summed E-state index contributed by atoms with van der Waals surface area (Å²) in [6.45, 7) is 1.40. The second kappa shape index (κ2) is 6.12. The topological polar surface area (TPSA) is 50.4 Å². The van der Waals surface area contributed by atoms with Crippen molar-refractivity contribution in [3.8, 4) is 0 Å². The molecule has 1 fully saturated rings. The van der Waals surface area contributed by atoms with Crippen LogP contribution in [0.25, 0.3) is 0 Å². The van der Waals surface area contributed by atoms with Crippen LogP contribution in [-0.2, 0) is 15.1 Å². The minimum atomic E-state index is -0.495. The maximum Gasteiger partial charge on any atom is 0.234 e. The number of hydrogen-bond donors (Lipinski definition) is 2. The second-order valence-corrected chi connectivity index (χ2v) is 4.78. The zero-order valence-electron chi connectivity index (χ0n) is 11.0. The number of rotatable bonds is 7. The van der Waals surface area contributed by atoms with Gasteiger partial charge in [0.05, 0.1) is 18.7 Å². The molecule has 1 amide bonds. The van der Waals surface area contributed by atoms with Gasteiger partial charge in [0.2, 0.25) is 5.91 Å². The van der Waals surface area contributed by atoms with Crippen molar-refractivity contribution in [2.24, 2.45) is 0 Å². The molecule has 5 heteroatoms. The zero-order valence-corrected chi connectivity index (χ0v) is 11.0. The van der Waals surface area contributed by atoms with Gasteiger partial charge in [0, 0.05) is 19.2 Å². The van der Waals surface area contributed by atoms with Crippen molar-refractivity contribution < 1.29 is 13.9 Å². The molecule has 104 valence electrons. The van der Waals surface area contributed by atoms with E-state index in [0.29, 0.717) is 18.7 Å². The molecule has 1 aromatic carbocycles. The Bertz CT molecular complexity index is 447. The highest BCUT2D eigenvalue weighted by Crippen LogP contribution is 2.46. The molecule has 0 saturated heterocycles. The Labute approximate surface area is 112 Å². The van der Waals surface area contributed by atoms with Crippen molar-refractivity contribution in [1.29, 1.82) is 0 Å². The first-order valence-corrected chi connectivity index (χ1v) is 6.44. The molecular weight excluding hydrogens is 247 g/mol. The number of nitrogens with one attached hydrogen (secondary N) is 2. The van der Waals surface area contributed by atoms with Gasteiger partial charge in [-0.1, -0.05) is 18.2 Å². The van der Waals surface area contributed by atoms with Gasteiger partial charge in [-0.25, -0.2) is 4.39 Å². The smallest absolute Gasteiger partial charge is 0.234 e. The molecule has 4 nitrogen and oxygen atoms in total. The minimum absolute atomic E-state index is 0.114. The summed E-state index contributed by atoms with van der Waals surface area (Å²) in [5.41, 5.74) is 0.0889. The largest absolute Gasteiger partial charge is 0.383 e. The van der Waals surface area contributed by atoms with E-state index in [0.717, 1.165) is 12.8 Å². The maximum absolute atomic E-state index is 13.7. The number of methoxy groups -OCH3 is 1. The fourth-order valence-corrected chi connectivity index (χ4v) is 2.12. The van der Waals surface area contributed by atoms with Gasteiger partial charge in [-0.2, -0.15) is 0 Å². The number of hydrogen-bond acceptors (Lipinski definition) is 3. The predicted molar refractivity (Wildman–Crippen MR) is 70.2 cm³/mol. The normalized spacial score (nSPS) is 16.1. The van der Waals surface area contributed by atoms with Crippen LogP contribution in [-0.4, -0.2) is 32.7 Å². The Balaban J connectivity index is 1.88. The van der Waals surface area contributed by atoms with Gasteiger partial charge in [-0.3, -0.25) is 4.79 Å². The summed E-state index contributed by atoms with van der Waals surface area (Å²) in [6.07, 6.45) is 1.58. The van der Waals surface area contributed by atoms with E-state index in [1.165, 1.54) is 6.07 Å². The molecule has 0 unspecified atom stereocenters. The lowest BCUT2D eigenvalue weighted by Crippen LogP contribution is -2.41. The summed E-state index contributed by atoms with van der Waals surface area (Å²) in [7, 11) is 1.61. The average Bonchev–Trinajstić information content (AvgIpc) is 3.16. The molecule has 1 saturated carbocycles. The summed E-state index contributed by atoms with van der Waals surface area (Å²) in [6, 6.07) is 6.61. The molecule has 1 aliphatic carbocycles. The summed E-state index contributed by atoms with van der Waals surface area (Å²) in [4.78, 5) is 11.8. The van der Waals surface area contributed by atoms with Crippen LogP contribution in [0, 0.1) is 5.82 Å². The van der Waals surface area contributed by atoms with Crippen LogP contribution >= 0.6 is 0 Å². The third kappa shape index (κ3) is 3.52. The van der Waals surface area contributed by atoms with Crippen molar-refractivity contribution in [3.63, 3.8) is 0 Å². The first-order chi connectivity index (χ1) is 9.18. The van der Waals surface area contributed by atoms with Crippen LogP contribution in [0.1, 0.15) is 18.4 Å². The van der Waals surface area contributed by atoms with Crippen LogP contribution in [0.3, 0.4) is 0 Å². The minimum Gasteiger partial charge on any atom is -0.383 e. The highest BCUT2D eigenvalue weighted by Gasteiger charge is 2.47. The highest BCUT2D eigenvalue weighted by atomic mass is 19.1. The Morgan fingerprint density at radius 3 is 2.79 bits per heavy atom.